The molecule has 2 rings (SSSR count). The van der Waals surface area contributed by atoms with Gasteiger partial charge in [-0.25, -0.2) is 0 Å². The van der Waals surface area contributed by atoms with E-state index in [1.807, 2.05) is 0 Å². The van der Waals surface area contributed by atoms with Gasteiger partial charge in [-0.15, -0.1) is 0 Å². The van der Waals surface area contributed by atoms with Gasteiger partial charge < -0.3 is 0 Å². The minimum Gasteiger partial charge on any atom is -0.269 e. The average molecular weight is 188 g/mol. The van der Waals surface area contributed by atoms with E-state index in [0.717, 1.165) is 0 Å². The minimum absolute atomic E-state index is 0. The van der Waals surface area contributed by atoms with Gasteiger partial charge in [0.05, 0.1) is 0 Å². The molecule has 2 aliphatic carbocycles. The lowest BCUT2D eigenvalue weighted by Crippen LogP contribution is -1.85. The molecule has 0 aromatic heterocycles. The molecule has 0 aliphatic heterocycles. The van der Waals surface area contributed by atoms with Gasteiger partial charge >= 0.3 is 0 Å². The molecule has 0 spiro atoms. The molecule has 0 bridgehead atoms. The molecule has 0 atom stereocenters. The Kier molecular flexibility index (Phi) is 9.96. The van der Waals surface area contributed by atoms with Crippen molar-refractivity contribution in [2.45, 2.75) is 77.0 Å². The molecule has 0 heterocycles. The van der Waals surface area contributed by atoms with E-state index in [1.54, 1.807) is 0 Å². The third kappa shape index (κ3) is 8.27. The lowest BCUT2D eigenvalue weighted by Gasteiger charge is -2.05. The summed E-state index contributed by atoms with van der Waals surface area (Å²) in [5, 5.41) is 0. The maximum atomic E-state index is 1.50. The molecule has 0 unspecified atom stereocenters. The van der Waals surface area contributed by atoms with E-state index in [0.29, 0.717) is 0 Å². The van der Waals surface area contributed by atoms with Crippen LogP contribution in [-0.4, -0.2) is 0 Å². The maximum absolute atomic E-state index is 1.50. The SMILES string of the molecule is C1CCCCC1.C1CCCCC1.F. The molecule has 0 N–H and O–H groups in total. The number of rotatable bonds is 0. The van der Waals surface area contributed by atoms with Crippen LogP contribution in [0.15, 0.2) is 0 Å². The molecule has 2 saturated carbocycles. The zero-order chi connectivity index (χ0) is 8.49. The van der Waals surface area contributed by atoms with Gasteiger partial charge in [-0.05, 0) is 0 Å². The predicted octanol–water partition coefficient (Wildman–Crippen LogP) is 4.83. The molecule has 0 amide bonds. The Hall–Kier alpha value is -0.0700. The Labute approximate surface area is 82.5 Å². The summed E-state index contributed by atoms with van der Waals surface area (Å²) >= 11 is 0. The van der Waals surface area contributed by atoms with Crippen molar-refractivity contribution in [2.75, 3.05) is 0 Å². The van der Waals surface area contributed by atoms with E-state index >= 15 is 0 Å². The molecular weight excluding hydrogens is 163 g/mol. The lowest BCUT2D eigenvalue weighted by atomic mass is 10.0. The summed E-state index contributed by atoms with van der Waals surface area (Å²) in [7, 11) is 0. The van der Waals surface area contributed by atoms with Crippen LogP contribution in [0.3, 0.4) is 0 Å². The van der Waals surface area contributed by atoms with Crippen molar-refractivity contribution < 1.29 is 4.70 Å². The van der Waals surface area contributed by atoms with Crippen LogP contribution in [0.4, 0.5) is 4.70 Å². The quantitative estimate of drug-likeness (QED) is 0.510. The highest BCUT2D eigenvalue weighted by Gasteiger charge is 1.96. The Morgan fingerprint density at radius 3 is 0.385 bits per heavy atom. The number of halogens is 1. The van der Waals surface area contributed by atoms with Gasteiger partial charge in [0, 0.05) is 0 Å². The summed E-state index contributed by atoms with van der Waals surface area (Å²) in [6.45, 7) is 0. The first-order chi connectivity index (χ1) is 6.00. The zero-order valence-corrected chi connectivity index (χ0v) is 8.89. The Morgan fingerprint density at radius 2 is 0.308 bits per heavy atom. The van der Waals surface area contributed by atoms with Gasteiger partial charge in [-0.1, -0.05) is 77.0 Å². The first kappa shape index (κ1) is 12.9. The van der Waals surface area contributed by atoms with Crippen LogP contribution < -0.4 is 0 Å². The Morgan fingerprint density at radius 1 is 0.231 bits per heavy atom. The second-order valence-corrected chi connectivity index (χ2v) is 4.24. The average Bonchev–Trinajstić information content (AvgIpc) is 2.24. The monoisotopic (exact) mass is 188 g/mol. The van der Waals surface area contributed by atoms with E-state index in [9.17, 15) is 0 Å². The third-order valence-electron chi connectivity index (χ3n) is 3.00. The van der Waals surface area contributed by atoms with Crippen LogP contribution >= 0.6 is 0 Å². The van der Waals surface area contributed by atoms with Gasteiger partial charge in [0.15, 0.2) is 0 Å². The van der Waals surface area contributed by atoms with E-state index in [4.69, 9.17) is 0 Å². The van der Waals surface area contributed by atoms with E-state index in [1.165, 1.54) is 77.0 Å². The van der Waals surface area contributed by atoms with Crippen LogP contribution in [-0.2, 0) is 0 Å². The highest BCUT2D eigenvalue weighted by atomic mass is 19.0. The van der Waals surface area contributed by atoms with Gasteiger partial charge in [0.25, 0.3) is 0 Å². The molecular formula is C12H25F. The first-order valence-electron chi connectivity index (χ1n) is 6.00. The van der Waals surface area contributed by atoms with Crippen molar-refractivity contribution >= 4 is 0 Å². The van der Waals surface area contributed by atoms with Crippen molar-refractivity contribution in [2.24, 2.45) is 0 Å². The fourth-order valence-corrected chi connectivity index (χ4v) is 2.12. The summed E-state index contributed by atoms with van der Waals surface area (Å²) in [4.78, 5) is 0. The Balaban J connectivity index is 0.000000206. The van der Waals surface area contributed by atoms with Crippen molar-refractivity contribution in [3.63, 3.8) is 0 Å². The largest absolute Gasteiger partial charge is 0.269 e. The van der Waals surface area contributed by atoms with E-state index in [2.05, 4.69) is 0 Å². The standard InChI is InChI=1S/2C6H12.FH/c2*1-2-4-6-5-3-1;/h2*1-6H2;1H. The predicted molar refractivity (Wildman–Crippen MR) is 57.9 cm³/mol. The summed E-state index contributed by atoms with van der Waals surface area (Å²) in [5.74, 6) is 0. The molecule has 0 aromatic carbocycles. The lowest BCUT2D eigenvalue weighted by molar-refractivity contribution is 0.504. The second kappa shape index (κ2) is 10.0. The highest BCUT2D eigenvalue weighted by Crippen LogP contribution is 2.15. The second-order valence-electron chi connectivity index (χ2n) is 4.24. The van der Waals surface area contributed by atoms with Crippen molar-refractivity contribution in [3.05, 3.63) is 0 Å². The molecule has 2 aliphatic rings. The van der Waals surface area contributed by atoms with Crippen molar-refractivity contribution in [3.8, 4) is 0 Å². The topological polar surface area (TPSA) is 0 Å². The molecule has 80 valence electrons. The molecule has 0 nitrogen and oxygen atoms in total. The Bertz CT molecular complexity index is 48.1. The fourth-order valence-electron chi connectivity index (χ4n) is 2.12. The van der Waals surface area contributed by atoms with Crippen LogP contribution in [0.1, 0.15) is 77.0 Å². The number of hydrogen-bond acceptors (Lipinski definition) is 0. The summed E-state index contributed by atoms with van der Waals surface area (Å²) in [6.07, 6.45) is 18.0. The maximum Gasteiger partial charge on any atom is -0.0533 e. The van der Waals surface area contributed by atoms with Gasteiger partial charge in [-0.2, -0.15) is 0 Å². The van der Waals surface area contributed by atoms with Crippen molar-refractivity contribution in [1.82, 2.24) is 0 Å². The molecule has 0 aromatic rings. The van der Waals surface area contributed by atoms with E-state index in [-0.39, 0.29) is 4.70 Å². The fraction of sp³-hybridized carbons (Fsp3) is 1.00. The van der Waals surface area contributed by atoms with E-state index < -0.39 is 0 Å². The summed E-state index contributed by atoms with van der Waals surface area (Å²) in [6, 6.07) is 0. The smallest absolute Gasteiger partial charge is 0.0533 e. The molecule has 2 fully saturated rings. The summed E-state index contributed by atoms with van der Waals surface area (Å²) in [5.41, 5.74) is 0. The number of hydrogen-bond donors (Lipinski definition) is 0. The molecule has 1 heteroatoms. The van der Waals surface area contributed by atoms with Crippen LogP contribution in [0.5, 0.6) is 0 Å². The zero-order valence-electron chi connectivity index (χ0n) is 8.89. The highest BCUT2D eigenvalue weighted by molar-refractivity contribution is 4.51. The minimum atomic E-state index is 0. The van der Waals surface area contributed by atoms with Crippen LogP contribution in [0.25, 0.3) is 0 Å². The van der Waals surface area contributed by atoms with Crippen molar-refractivity contribution in [1.29, 1.82) is 0 Å². The third-order valence-corrected chi connectivity index (χ3v) is 3.00. The van der Waals surface area contributed by atoms with Gasteiger partial charge in [-0.3, -0.25) is 4.70 Å². The molecule has 0 saturated heterocycles. The van der Waals surface area contributed by atoms with Gasteiger partial charge in [0.2, 0.25) is 0 Å². The first-order valence-corrected chi connectivity index (χ1v) is 6.00. The normalized spacial score (nSPS) is 22.2. The van der Waals surface area contributed by atoms with Gasteiger partial charge in [0.1, 0.15) is 0 Å². The molecule has 0 radical (unpaired) electrons. The van der Waals surface area contributed by atoms with Crippen LogP contribution in [0, 0.1) is 0 Å². The van der Waals surface area contributed by atoms with Crippen LogP contribution in [0.2, 0.25) is 0 Å². The molecule has 13 heavy (non-hydrogen) atoms. The summed E-state index contributed by atoms with van der Waals surface area (Å²) < 4.78 is 0.